The minimum atomic E-state index is -0.0256. The lowest BCUT2D eigenvalue weighted by molar-refractivity contribution is 0.478. The molecule has 0 heterocycles. The van der Waals surface area contributed by atoms with Crippen molar-refractivity contribution in [3.63, 3.8) is 0 Å². The van der Waals surface area contributed by atoms with Gasteiger partial charge in [0, 0.05) is 5.54 Å². The van der Waals surface area contributed by atoms with Crippen LogP contribution in [0.4, 0.5) is 0 Å². The van der Waals surface area contributed by atoms with Crippen LogP contribution in [0, 0.1) is 5.41 Å². The Balaban J connectivity index is 3.64. The van der Waals surface area contributed by atoms with Gasteiger partial charge in [0.05, 0.1) is 0 Å². The van der Waals surface area contributed by atoms with Crippen molar-refractivity contribution in [3.05, 3.63) is 12.2 Å². The fraction of sp³-hybridized carbons (Fsp3) is 0.818. The van der Waals surface area contributed by atoms with Crippen LogP contribution in [0.1, 0.15) is 47.5 Å². The third-order valence-electron chi connectivity index (χ3n) is 1.57. The van der Waals surface area contributed by atoms with Crippen LogP contribution in [0.2, 0.25) is 0 Å². The summed E-state index contributed by atoms with van der Waals surface area (Å²) in [6, 6.07) is 0. The molecule has 0 aromatic rings. The Morgan fingerprint density at radius 3 is 1.92 bits per heavy atom. The number of rotatable bonds is 3. The van der Waals surface area contributed by atoms with E-state index in [1.165, 1.54) is 0 Å². The Bertz CT molecular complexity index is 143. The predicted octanol–water partition coefficient (Wildman–Crippen LogP) is 3.11. The lowest BCUT2D eigenvalue weighted by Crippen LogP contribution is -2.31. The summed E-state index contributed by atoms with van der Waals surface area (Å²) in [7, 11) is 0. The highest BCUT2D eigenvalue weighted by Gasteiger charge is 2.08. The number of hydrogen-bond donors (Lipinski definition) is 1. The van der Waals surface area contributed by atoms with Crippen LogP contribution >= 0.6 is 0 Å². The van der Waals surface area contributed by atoms with Crippen molar-refractivity contribution in [1.82, 2.24) is 0 Å². The summed E-state index contributed by atoms with van der Waals surface area (Å²) in [4.78, 5) is 0. The fourth-order valence-corrected chi connectivity index (χ4v) is 0.892. The number of hydrogen-bond acceptors (Lipinski definition) is 1. The first-order valence-electron chi connectivity index (χ1n) is 4.67. The molecule has 0 saturated carbocycles. The van der Waals surface area contributed by atoms with E-state index in [1.807, 2.05) is 0 Å². The molecule has 0 aliphatic carbocycles. The molecule has 12 heavy (non-hydrogen) atoms. The molecule has 1 heteroatoms. The van der Waals surface area contributed by atoms with Crippen LogP contribution in [-0.4, -0.2) is 5.54 Å². The van der Waals surface area contributed by atoms with Gasteiger partial charge in [-0.2, -0.15) is 0 Å². The zero-order valence-electron chi connectivity index (χ0n) is 9.15. The van der Waals surface area contributed by atoms with Gasteiger partial charge in [-0.15, -0.1) is 0 Å². The fourth-order valence-electron chi connectivity index (χ4n) is 0.892. The standard InChI is InChI=1S/C11H23N/c1-10(2,3)8-6-7-9-11(4,5)12/h6,8H,7,9,12H2,1-5H3/b8-6+. The lowest BCUT2D eigenvalue weighted by atomic mass is 9.94. The summed E-state index contributed by atoms with van der Waals surface area (Å²) in [5.41, 5.74) is 6.13. The average molecular weight is 169 g/mol. The van der Waals surface area contributed by atoms with Crippen molar-refractivity contribution in [1.29, 1.82) is 0 Å². The van der Waals surface area contributed by atoms with Gasteiger partial charge < -0.3 is 5.73 Å². The van der Waals surface area contributed by atoms with Crippen molar-refractivity contribution in [2.45, 2.75) is 53.0 Å². The lowest BCUT2D eigenvalue weighted by Gasteiger charge is -2.17. The molecular weight excluding hydrogens is 146 g/mol. The van der Waals surface area contributed by atoms with Crippen molar-refractivity contribution in [2.75, 3.05) is 0 Å². The van der Waals surface area contributed by atoms with Crippen LogP contribution in [0.5, 0.6) is 0 Å². The molecule has 0 spiro atoms. The van der Waals surface area contributed by atoms with E-state index in [4.69, 9.17) is 5.73 Å². The Morgan fingerprint density at radius 1 is 1.08 bits per heavy atom. The highest BCUT2D eigenvalue weighted by Crippen LogP contribution is 2.16. The Hall–Kier alpha value is -0.300. The second-order valence-corrected chi connectivity index (χ2v) is 5.30. The van der Waals surface area contributed by atoms with E-state index in [0.717, 1.165) is 12.8 Å². The van der Waals surface area contributed by atoms with E-state index in [-0.39, 0.29) is 5.54 Å². The molecule has 0 fully saturated rings. The highest BCUT2D eigenvalue weighted by atomic mass is 14.7. The second-order valence-electron chi connectivity index (χ2n) is 5.30. The van der Waals surface area contributed by atoms with E-state index in [0.29, 0.717) is 5.41 Å². The quantitative estimate of drug-likeness (QED) is 0.645. The van der Waals surface area contributed by atoms with E-state index >= 15 is 0 Å². The minimum Gasteiger partial charge on any atom is -0.326 e. The molecule has 2 N–H and O–H groups in total. The first kappa shape index (κ1) is 11.7. The molecule has 0 amide bonds. The Labute approximate surface area is 77.0 Å². The van der Waals surface area contributed by atoms with Gasteiger partial charge in [0.25, 0.3) is 0 Å². The van der Waals surface area contributed by atoms with E-state index in [1.54, 1.807) is 0 Å². The zero-order valence-corrected chi connectivity index (χ0v) is 9.15. The van der Waals surface area contributed by atoms with Crippen LogP contribution in [0.25, 0.3) is 0 Å². The molecule has 1 nitrogen and oxygen atoms in total. The van der Waals surface area contributed by atoms with Crippen LogP contribution < -0.4 is 5.73 Å². The topological polar surface area (TPSA) is 26.0 Å². The maximum absolute atomic E-state index is 5.85. The van der Waals surface area contributed by atoms with Gasteiger partial charge in [0.15, 0.2) is 0 Å². The summed E-state index contributed by atoms with van der Waals surface area (Å²) >= 11 is 0. The largest absolute Gasteiger partial charge is 0.326 e. The molecule has 0 bridgehead atoms. The molecule has 0 unspecified atom stereocenters. The molecule has 0 aromatic carbocycles. The normalized spacial score (nSPS) is 14.2. The van der Waals surface area contributed by atoms with Gasteiger partial charge in [0.2, 0.25) is 0 Å². The van der Waals surface area contributed by atoms with Crippen LogP contribution in [-0.2, 0) is 0 Å². The molecule has 0 aromatic heterocycles. The van der Waals surface area contributed by atoms with Crippen molar-refractivity contribution >= 4 is 0 Å². The minimum absolute atomic E-state index is 0.0256. The summed E-state index contributed by atoms with van der Waals surface area (Å²) in [6.45, 7) is 10.8. The number of nitrogens with two attached hydrogens (primary N) is 1. The van der Waals surface area contributed by atoms with Gasteiger partial charge in [-0.25, -0.2) is 0 Å². The number of allylic oxidation sites excluding steroid dienone is 2. The molecule has 0 saturated heterocycles. The van der Waals surface area contributed by atoms with Gasteiger partial charge in [0.1, 0.15) is 0 Å². The van der Waals surface area contributed by atoms with Gasteiger partial charge in [-0.1, -0.05) is 32.9 Å². The summed E-state index contributed by atoms with van der Waals surface area (Å²) < 4.78 is 0. The molecule has 0 rings (SSSR count). The first-order chi connectivity index (χ1) is 5.21. The maximum Gasteiger partial charge on any atom is 0.01000 e. The molecule has 72 valence electrons. The van der Waals surface area contributed by atoms with Crippen molar-refractivity contribution in [2.24, 2.45) is 11.1 Å². The van der Waals surface area contributed by atoms with E-state index in [9.17, 15) is 0 Å². The molecular formula is C11H23N. The van der Waals surface area contributed by atoms with Crippen molar-refractivity contribution < 1.29 is 0 Å². The van der Waals surface area contributed by atoms with E-state index in [2.05, 4.69) is 46.8 Å². The average Bonchev–Trinajstić information content (AvgIpc) is 1.76. The van der Waals surface area contributed by atoms with Crippen LogP contribution in [0.3, 0.4) is 0 Å². The zero-order chi connectivity index (χ0) is 9.83. The smallest absolute Gasteiger partial charge is 0.01000 e. The van der Waals surface area contributed by atoms with E-state index < -0.39 is 0 Å². The maximum atomic E-state index is 5.85. The monoisotopic (exact) mass is 169 g/mol. The van der Waals surface area contributed by atoms with Gasteiger partial charge in [-0.05, 0) is 32.1 Å². The summed E-state index contributed by atoms with van der Waals surface area (Å²) in [5, 5.41) is 0. The Kier molecular flexibility index (Phi) is 3.98. The first-order valence-corrected chi connectivity index (χ1v) is 4.67. The summed E-state index contributed by atoms with van der Waals surface area (Å²) in [6.07, 6.45) is 6.62. The molecule has 0 radical (unpaired) electrons. The summed E-state index contributed by atoms with van der Waals surface area (Å²) in [5.74, 6) is 0. The van der Waals surface area contributed by atoms with Gasteiger partial charge in [-0.3, -0.25) is 0 Å². The Morgan fingerprint density at radius 2 is 1.58 bits per heavy atom. The van der Waals surface area contributed by atoms with Crippen molar-refractivity contribution in [3.8, 4) is 0 Å². The van der Waals surface area contributed by atoms with Crippen LogP contribution in [0.15, 0.2) is 12.2 Å². The highest BCUT2D eigenvalue weighted by molar-refractivity contribution is 4.93. The third-order valence-corrected chi connectivity index (χ3v) is 1.57. The molecule has 0 atom stereocenters. The SMILES string of the molecule is CC(C)(C)/C=C/CCC(C)(C)N. The van der Waals surface area contributed by atoms with Gasteiger partial charge >= 0.3 is 0 Å². The second kappa shape index (κ2) is 4.08. The third kappa shape index (κ3) is 9.70. The molecule has 0 aliphatic heterocycles. The predicted molar refractivity (Wildman–Crippen MR) is 56.1 cm³/mol. The molecule has 0 aliphatic rings.